The number of ether oxygens (including phenoxy) is 1. The van der Waals surface area contributed by atoms with E-state index in [9.17, 15) is 4.79 Å². The molecule has 0 radical (unpaired) electrons. The second-order valence-electron chi connectivity index (χ2n) is 5.67. The maximum absolute atomic E-state index is 12.0. The van der Waals surface area contributed by atoms with Crippen molar-refractivity contribution >= 4 is 5.91 Å². The SMILES string of the molecule is COCCCNC(=O)C(C)NC1CCN2CCCC12. The van der Waals surface area contributed by atoms with Crippen LogP contribution in [0.15, 0.2) is 0 Å². The molecule has 1 amide bonds. The highest BCUT2D eigenvalue weighted by molar-refractivity contribution is 5.81. The average molecular weight is 269 g/mol. The Morgan fingerprint density at radius 1 is 1.42 bits per heavy atom. The zero-order valence-corrected chi connectivity index (χ0v) is 12.2. The van der Waals surface area contributed by atoms with Gasteiger partial charge in [-0.25, -0.2) is 0 Å². The first-order chi connectivity index (χ1) is 9.22. The van der Waals surface area contributed by atoms with Crippen LogP contribution in [0.1, 0.15) is 32.6 Å². The molecule has 110 valence electrons. The fourth-order valence-electron chi connectivity index (χ4n) is 3.25. The number of carbonyl (C=O) groups is 1. The average Bonchev–Trinajstić information content (AvgIpc) is 2.99. The minimum atomic E-state index is -0.104. The predicted octanol–water partition coefficient (Wildman–Crippen LogP) is 0.354. The normalized spacial score (nSPS) is 28.3. The summed E-state index contributed by atoms with van der Waals surface area (Å²) >= 11 is 0. The Labute approximate surface area is 116 Å². The van der Waals surface area contributed by atoms with Crippen molar-refractivity contribution < 1.29 is 9.53 Å². The Bertz CT molecular complexity index is 298. The molecule has 3 unspecified atom stereocenters. The fraction of sp³-hybridized carbons (Fsp3) is 0.929. The summed E-state index contributed by atoms with van der Waals surface area (Å²) in [6.45, 7) is 5.77. The fourth-order valence-corrected chi connectivity index (χ4v) is 3.25. The molecule has 0 aliphatic carbocycles. The Balaban J connectivity index is 1.68. The predicted molar refractivity (Wildman–Crippen MR) is 75.1 cm³/mol. The van der Waals surface area contributed by atoms with Gasteiger partial charge in [0, 0.05) is 38.9 Å². The third-order valence-corrected chi connectivity index (χ3v) is 4.29. The van der Waals surface area contributed by atoms with Gasteiger partial charge in [0.1, 0.15) is 0 Å². The molecule has 2 rings (SSSR count). The van der Waals surface area contributed by atoms with E-state index in [4.69, 9.17) is 4.74 Å². The molecule has 0 aromatic heterocycles. The van der Waals surface area contributed by atoms with E-state index in [1.807, 2.05) is 6.92 Å². The van der Waals surface area contributed by atoms with Gasteiger partial charge in [-0.2, -0.15) is 0 Å². The maximum atomic E-state index is 12.0. The van der Waals surface area contributed by atoms with E-state index in [0.717, 1.165) is 6.42 Å². The summed E-state index contributed by atoms with van der Waals surface area (Å²) in [4.78, 5) is 14.5. The smallest absolute Gasteiger partial charge is 0.236 e. The lowest BCUT2D eigenvalue weighted by atomic mass is 10.1. The van der Waals surface area contributed by atoms with Crippen LogP contribution in [0.4, 0.5) is 0 Å². The summed E-state index contributed by atoms with van der Waals surface area (Å²) in [5, 5.41) is 6.46. The van der Waals surface area contributed by atoms with Gasteiger partial charge in [-0.05, 0) is 39.2 Å². The van der Waals surface area contributed by atoms with Crippen LogP contribution in [-0.2, 0) is 9.53 Å². The molecule has 5 heteroatoms. The van der Waals surface area contributed by atoms with Gasteiger partial charge in [0.25, 0.3) is 0 Å². The summed E-state index contributed by atoms with van der Waals surface area (Å²) in [5.74, 6) is 0.104. The molecule has 2 heterocycles. The second-order valence-corrected chi connectivity index (χ2v) is 5.67. The highest BCUT2D eigenvalue weighted by atomic mass is 16.5. The quantitative estimate of drug-likeness (QED) is 0.655. The minimum Gasteiger partial charge on any atom is -0.385 e. The van der Waals surface area contributed by atoms with Crippen LogP contribution in [0.25, 0.3) is 0 Å². The topological polar surface area (TPSA) is 53.6 Å². The molecule has 2 saturated heterocycles. The van der Waals surface area contributed by atoms with Gasteiger partial charge in [0.05, 0.1) is 6.04 Å². The molecule has 2 N–H and O–H groups in total. The van der Waals surface area contributed by atoms with Crippen LogP contribution in [-0.4, -0.2) is 62.3 Å². The van der Waals surface area contributed by atoms with Crippen molar-refractivity contribution in [1.29, 1.82) is 0 Å². The number of nitrogens with one attached hydrogen (secondary N) is 2. The van der Waals surface area contributed by atoms with E-state index in [2.05, 4.69) is 15.5 Å². The number of nitrogens with zero attached hydrogens (tertiary/aromatic N) is 1. The third-order valence-electron chi connectivity index (χ3n) is 4.29. The van der Waals surface area contributed by atoms with Gasteiger partial charge in [-0.15, -0.1) is 0 Å². The molecule has 5 nitrogen and oxygen atoms in total. The van der Waals surface area contributed by atoms with E-state index in [-0.39, 0.29) is 11.9 Å². The number of amides is 1. The van der Waals surface area contributed by atoms with Gasteiger partial charge in [-0.3, -0.25) is 9.69 Å². The van der Waals surface area contributed by atoms with Crippen LogP contribution in [0, 0.1) is 0 Å². The molecular weight excluding hydrogens is 242 g/mol. The van der Waals surface area contributed by atoms with Crippen molar-refractivity contribution in [2.45, 2.75) is 50.7 Å². The largest absolute Gasteiger partial charge is 0.385 e. The molecule has 0 bridgehead atoms. The molecule has 0 spiro atoms. The van der Waals surface area contributed by atoms with Crippen molar-refractivity contribution in [2.24, 2.45) is 0 Å². The lowest BCUT2D eigenvalue weighted by molar-refractivity contribution is -0.123. The van der Waals surface area contributed by atoms with Gasteiger partial charge in [-0.1, -0.05) is 0 Å². The minimum absolute atomic E-state index is 0.104. The lowest BCUT2D eigenvalue weighted by Crippen LogP contribution is -2.50. The third kappa shape index (κ3) is 3.91. The number of fused-ring (bicyclic) bond motifs is 1. The zero-order valence-electron chi connectivity index (χ0n) is 12.2. The molecule has 0 aromatic carbocycles. The van der Waals surface area contributed by atoms with Crippen LogP contribution >= 0.6 is 0 Å². The molecular formula is C14H27N3O2. The molecule has 19 heavy (non-hydrogen) atoms. The second kappa shape index (κ2) is 7.22. The Morgan fingerprint density at radius 3 is 3.05 bits per heavy atom. The van der Waals surface area contributed by atoms with E-state index >= 15 is 0 Å². The Morgan fingerprint density at radius 2 is 2.26 bits per heavy atom. The van der Waals surface area contributed by atoms with Crippen LogP contribution in [0.5, 0.6) is 0 Å². The summed E-state index contributed by atoms with van der Waals surface area (Å²) in [5.41, 5.74) is 0. The number of hydrogen-bond donors (Lipinski definition) is 2. The first-order valence-corrected chi connectivity index (χ1v) is 7.49. The standard InChI is InChI=1S/C14H27N3O2/c1-11(14(18)15-7-4-10-19-2)16-12-6-9-17-8-3-5-13(12)17/h11-13,16H,3-10H2,1-2H3,(H,15,18). The molecule has 3 atom stereocenters. The molecule has 0 saturated carbocycles. The van der Waals surface area contributed by atoms with Crippen LogP contribution in [0.2, 0.25) is 0 Å². The van der Waals surface area contributed by atoms with Crippen molar-refractivity contribution in [3.8, 4) is 0 Å². The molecule has 2 aliphatic heterocycles. The van der Waals surface area contributed by atoms with Gasteiger partial charge >= 0.3 is 0 Å². The van der Waals surface area contributed by atoms with Crippen molar-refractivity contribution in [1.82, 2.24) is 15.5 Å². The highest BCUT2D eigenvalue weighted by Gasteiger charge is 2.37. The molecule has 2 fully saturated rings. The van der Waals surface area contributed by atoms with E-state index in [1.54, 1.807) is 7.11 Å². The first kappa shape index (κ1) is 14.8. The number of rotatable bonds is 7. The van der Waals surface area contributed by atoms with Crippen LogP contribution < -0.4 is 10.6 Å². The van der Waals surface area contributed by atoms with Gasteiger partial charge in [0.2, 0.25) is 5.91 Å². The van der Waals surface area contributed by atoms with Crippen LogP contribution in [0.3, 0.4) is 0 Å². The summed E-state index contributed by atoms with van der Waals surface area (Å²) in [7, 11) is 1.68. The van der Waals surface area contributed by atoms with E-state index in [0.29, 0.717) is 25.2 Å². The van der Waals surface area contributed by atoms with Gasteiger partial charge in [0.15, 0.2) is 0 Å². The lowest BCUT2D eigenvalue weighted by Gasteiger charge is -2.24. The maximum Gasteiger partial charge on any atom is 0.236 e. The summed E-state index contributed by atoms with van der Waals surface area (Å²) in [6.07, 6.45) is 4.63. The Kier molecular flexibility index (Phi) is 5.60. The van der Waals surface area contributed by atoms with Gasteiger partial charge < -0.3 is 15.4 Å². The monoisotopic (exact) mass is 269 g/mol. The number of methoxy groups -OCH3 is 1. The Hall–Kier alpha value is -0.650. The van der Waals surface area contributed by atoms with E-state index in [1.165, 1.54) is 32.4 Å². The molecule has 0 aromatic rings. The van der Waals surface area contributed by atoms with Crippen molar-refractivity contribution in [2.75, 3.05) is 33.4 Å². The van der Waals surface area contributed by atoms with E-state index < -0.39 is 0 Å². The first-order valence-electron chi connectivity index (χ1n) is 7.49. The van der Waals surface area contributed by atoms with Crippen molar-refractivity contribution in [3.05, 3.63) is 0 Å². The summed E-state index contributed by atoms with van der Waals surface area (Å²) < 4.78 is 4.97. The molecule has 2 aliphatic rings. The zero-order chi connectivity index (χ0) is 13.7. The summed E-state index contributed by atoms with van der Waals surface area (Å²) in [6, 6.07) is 1.04. The highest BCUT2D eigenvalue weighted by Crippen LogP contribution is 2.28. The number of carbonyl (C=O) groups excluding carboxylic acids is 1. The van der Waals surface area contributed by atoms with Crippen molar-refractivity contribution in [3.63, 3.8) is 0 Å². The number of hydrogen-bond acceptors (Lipinski definition) is 4.